The van der Waals surface area contributed by atoms with Gasteiger partial charge in [0.1, 0.15) is 5.69 Å². The lowest BCUT2D eigenvalue weighted by Gasteiger charge is -2.35. The van der Waals surface area contributed by atoms with Crippen molar-refractivity contribution in [3.05, 3.63) is 29.6 Å². The minimum absolute atomic E-state index is 0.0810. The smallest absolute Gasteiger partial charge is 0.273 e. The highest BCUT2D eigenvalue weighted by atomic mass is 16.2. The van der Waals surface area contributed by atoms with E-state index in [1.165, 1.54) is 0 Å². The first-order valence-electron chi connectivity index (χ1n) is 6.96. The molecule has 0 radical (unpaired) electrons. The molecule has 1 amide bonds. The van der Waals surface area contributed by atoms with Gasteiger partial charge in [-0.2, -0.15) is 0 Å². The lowest BCUT2D eigenvalue weighted by Crippen LogP contribution is -2.48. The highest BCUT2D eigenvalue weighted by Gasteiger charge is 2.51. The Balaban J connectivity index is 1.91. The fourth-order valence-corrected chi connectivity index (χ4v) is 3.60. The molecule has 2 saturated heterocycles. The van der Waals surface area contributed by atoms with Crippen LogP contribution in [0.3, 0.4) is 0 Å². The van der Waals surface area contributed by atoms with Crippen molar-refractivity contribution in [2.24, 2.45) is 11.8 Å². The minimum Gasteiger partial charge on any atom is -0.332 e. The normalized spacial score (nSPS) is 28.5. The molecule has 0 spiro atoms. The summed E-state index contributed by atoms with van der Waals surface area (Å²) in [5.74, 6) is 1.22. The lowest BCUT2D eigenvalue weighted by molar-refractivity contribution is 0.0596. The van der Waals surface area contributed by atoms with Crippen LogP contribution in [0, 0.1) is 18.8 Å². The molecular weight excluding hydrogens is 238 g/mol. The van der Waals surface area contributed by atoms with Crippen molar-refractivity contribution >= 4 is 5.91 Å². The Kier molecular flexibility index (Phi) is 2.86. The molecule has 1 aromatic rings. The summed E-state index contributed by atoms with van der Waals surface area (Å²) in [6, 6.07) is 3.82. The van der Waals surface area contributed by atoms with Gasteiger partial charge >= 0.3 is 0 Å². The van der Waals surface area contributed by atoms with Crippen molar-refractivity contribution in [2.75, 3.05) is 19.6 Å². The standard InChI is InChI=1S/C15H21N3O/c1-10-5-4-6-17-13(10)14(19)18-9-11-7-16-8-12(11)15(18,2)3/h4-6,11-12,16H,7-9H2,1-3H3. The molecule has 0 saturated carbocycles. The minimum atomic E-state index is -0.0881. The van der Waals surface area contributed by atoms with Gasteiger partial charge in [-0.05, 0) is 44.2 Å². The number of pyridine rings is 1. The number of aromatic nitrogens is 1. The van der Waals surface area contributed by atoms with Crippen LogP contribution >= 0.6 is 0 Å². The van der Waals surface area contributed by atoms with E-state index in [1.54, 1.807) is 6.20 Å². The fourth-order valence-electron chi connectivity index (χ4n) is 3.60. The van der Waals surface area contributed by atoms with E-state index in [-0.39, 0.29) is 11.4 Å². The molecule has 3 heterocycles. The van der Waals surface area contributed by atoms with Gasteiger partial charge in [0.25, 0.3) is 5.91 Å². The van der Waals surface area contributed by atoms with Gasteiger partial charge in [0.05, 0.1) is 0 Å². The lowest BCUT2D eigenvalue weighted by atomic mass is 9.85. The van der Waals surface area contributed by atoms with Crippen molar-refractivity contribution < 1.29 is 4.79 Å². The van der Waals surface area contributed by atoms with Gasteiger partial charge in [-0.15, -0.1) is 0 Å². The maximum atomic E-state index is 12.8. The third kappa shape index (κ3) is 1.86. The Morgan fingerprint density at radius 3 is 2.95 bits per heavy atom. The first kappa shape index (κ1) is 12.6. The molecule has 1 N–H and O–H groups in total. The second kappa shape index (κ2) is 4.30. The number of amides is 1. The van der Waals surface area contributed by atoms with Gasteiger partial charge < -0.3 is 10.2 Å². The number of hydrogen-bond acceptors (Lipinski definition) is 3. The number of fused-ring (bicyclic) bond motifs is 1. The van der Waals surface area contributed by atoms with E-state index >= 15 is 0 Å². The molecule has 1 aromatic heterocycles. The van der Waals surface area contributed by atoms with E-state index in [9.17, 15) is 4.79 Å². The zero-order valence-electron chi connectivity index (χ0n) is 11.8. The van der Waals surface area contributed by atoms with Crippen LogP contribution in [0.15, 0.2) is 18.3 Å². The van der Waals surface area contributed by atoms with Crippen LogP contribution in [0.2, 0.25) is 0 Å². The summed E-state index contributed by atoms with van der Waals surface area (Å²) in [5.41, 5.74) is 1.47. The average molecular weight is 259 g/mol. The molecule has 0 aromatic carbocycles. The van der Waals surface area contributed by atoms with Crippen LogP contribution in [0.1, 0.15) is 29.9 Å². The Labute approximate surface area is 114 Å². The number of nitrogens with zero attached hydrogens (tertiary/aromatic N) is 2. The highest BCUT2D eigenvalue weighted by molar-refractivity contribution is 5.94. The van der Waals surface area contributed by atoms with Crippen molar-refractivity contribution in [3.63, 3.8) is 0 Å². The molecule has 2 aliphatic heterocycles. The number of carbonyl (C=O) groups excluding carboxylic acids is 1. The molecule has 3 rings (SSSR count). The van der Waals surface area contributed by atoms with E-state index in [1.807, 2.05) is 24.0 Å². The van der Waals surface area contributed by atoms with Gasteiger partial charge in [0, 0.05) is 31.4 Å². The van der Waals surface area contributed by atoms with Crippen molar-refractivity contribution in [2.45, 2.75) is 26.3 Å². The maximum Gasteiger partial charge on any atom is 0.273 e. The van der Waals surface area contributed by atoms with Crippen LogP contribution in [0.4, 0.5) is 0 Å². The summed E-state index contributed by atoms with van der Waals surface area (Å²) in [5, 5.41) is 3.44. The molecule has 2 fully saturated rings. The van der Waals surface area contributed by atoms with Crippen molar-refractivity contribution in [1.82, 2.24) is 15.2 Å². The summed E-state index contributed by atoms with van der Waals surface area (Å²) in [6.45, 7) is 9.20. The van der Waals surface area contributed by atoms with Crippen molar-refractivity contribution in [3.8, 4) is 0 Å². The van der Waals surface area contributed by atoms with E-state index in [4.69, 9.17) is 0 Å². The van der Waals surface area contributed by atoms with Crippen LogP contribution in [-0.2, 0) is 0 Å². The number of hydrogen-bond donors (Lipinski definition) is 1. The zero-order valence-corrected chi connectivity index (χ0v) is 11.8. The molecular formula is C15H21N3O. The van der Waals surface area contributed by atoms with E-state index in [2.05, 4.69) is 24.1 Å². The molecule has 102 valence electrons. The largest absolute Gasteiger partial charge is 0.332 e. The van der Waals surface area contributed by atoms with Gasteiger partial charge in [0.2, 0.25) is 0 Å². The quantitative estimate of drug-likeness (QED) is 0.830. The third-order valence-electron chi connectivity index (χ3n) is 4.82. The Morgan fingerprint density at radius 1 is 1.47 bits per heavy atom. The van der Waals surface area contributed by atoms with Gasteiger partial charge in [-0.1, -0.05) is 6.07 Å². The zero-order chi connectivity index (χ0) is 13.6. The second-order valence-electron chi connectivity index (χ2n) is 6.26. The molecule has 4 heteroatoms. The van der Waals surface area contributed by atoms with E-state index in [0.717, 1.165) is 25.2 Å². The fraction of sp³-hybridized carbons (Fsp3) is 0.600. The van der Waals surface area contributed by atoms with Gasteiger partial charge in [0.15, 0.2) is 0 Å². The Morgan fingerprint density at radius 2 is 2.26 bits per heavy atom. The maximum absolute atomic E-state index is 12.8. The molecule has 19 heavy (non-hydrogen) atoms. The highest BCUT2D eigenvalue weighted by Crippen LogP contribution is 2.41. The monoisotopic (exact) mass is 259 g/mol. The Hall–Kier alpha value is -1.42. The predicted molar refractivity (Wildman–Crippen MR) is 73.9 cm³/mol. The van der Waals surface area contributed by atoms with Gasteiger partial charge in [-0.3, -0.25) is 9.78 Å². The third-order valence-corrected chi connectivity index (χ3v) is 4.82. The molecule has 0 bridgehead atoms. The van der Waals surface area contributed by atoms with E-state index < -0.39 is 0 Å². The topological polar surface area (TPSA) is 45.2 Å². The summed E-state index contributed by atoms with van der Waals surface area (Å²) in [4.78, 5) is 19.1. The summed E-state index contributed by atoms with van der Waals surface area (Å²) in [7, 11) is 0. The van der Waals surface area contributed by atoms with Gasteiger partial charge in [-0.25, -0.2) is 0 Å². The molecule has 0 aliphatic carbocycles. The molecule has 4 nitrogen and oxygen atoms in total. The summed E-state index contributed by atoms with van der Waals surface area (Å²) in [6.07, 6.45) is 1.70. The molecule has 2 atom stereocenters. The van der Waals surface area contributed by atoms with E-state index in [0.29, 0.717) is 17.5 Å². The first-order chi connectivity index (χ1) is 9.01. The molecule has 2 unspecified atom stereocenters. The number of carbonyl (C=O) groups is 1. The number of rotatable bonds is 1. The first-order valence-corrected chi connectivity index (χ1v) is 6.96. The summed E-state index contributed by atoms with van der Waals surface area (Å²) < 4.78 is 0. The molecule has 2 aliphatic rings. The van der Waals surface area contributed by atoms with Crippen molar-refractivity contribution in [1.29, 1.82) is 0 Å². The number of likely N-dealkylation sites (tertiary alicyclic amines) is 1. The second-order valence-corrected chi connectivity index (χ2v) is 6.26. The average Bonchev–Trinajstić information content (AvgIpc) is 2.92. The SMILES string of the molecule is Cc1cccnc1C(=O)N1CC2CNCC2C1(C)C. The van der Waals surface area contributed by atoms with Crippen LogP contribution < -0.4 is 5.32 Å². The Bertz CT molecular complexity index is 512. The number of aryl methyl sites for hydroxylation is 1. The van der Waals surface area contributed by atoms with Crippen LogP contribution in [-0.4, -0.2) is 41.0 Å². The predicted octanol–water partition coefficient (Wildman–Crippen LogP) is 1.46. The summed E-state index contributed by atoms with van der Waals surface area (Å²) >= 11 is 0. The van der Waals surface area contributed by atoms with Crippen LogP contribution in [0.25, 0.3) is 0 Å². The number of nitrogens with one attached hydrogen (secondary N) is 1. The van der Waals surface area contributed by atoms with Crippen LogP contribution in [0.5, 0.6) is 0 Å².